The lowest BCUT2D eigenvalue weighted by Crippen LogP contribution is -2.20. The fraction of sp³-hybridized carbons (Fsp3) is 0.333. The standard InChI is InChI=1S/C36H36ClN3O8S3/c1-3-47-35(43)29-22-12-6-9-15-26(22)49-33(29)38-31(41)20-17-18-24(37)28(19-20)51(45,46)40-25-14-8-5-11-21(25)32(42)39-34-30(36(44)48-4-2)23-13-7-10-16-27(23)50-34/h5,8,11,14,17-19,40H,3-4,6-7,9-10,12-13,15-16H2,1-2H3,(H,38,41)(H,39,42). The molecule has 15 heteroatoms. The largest absolute Gasteiger partial charge is 0.462 e. The summed E-state index contributed by atoms with van der Waals surface area (Å²) in [5.74, 6) is -2.30. The topological polar surface area (TPSA) is 157 Å². The summed E-state index contributed by atoms with van der Waals surface area (Å²) in [4.78, 5) is 54.7. The van der Waals surface area contributed by atoms with Crippen LogP contribution in [0.2, 0.25) is 5.02 Å². The molecule has 2 heterocycles. The Morgan fingerprint density at radius 3 is 1.84 bits per heavy atom. The smallest absolute Gasteiger partial charge is 0.341 e. The Balaban J connectivity index is 1.25. The van der Waals surface area contributed by atoms with Crippen LogP contribution in [-0.2, 0) is 45.2 Å². The first-order valence-electron chi connectivity index (χ1n) is 16.7. The normalized spacial score (nSPS) is 13.8. The van der Waals surface area contributed by atoms with Gasteiger partial charge in [0.2, 0.25) is 0 Å². The number of thiophene rings is 2. The summed E-state index contributed by atoms with van der Waals surface area (Å²) in [6.45, 7) is 3.78. The summed E-state index contributed by atoms with van der Waals surface area (Å²) >= 11 is 9.02. The van der Waals surface area contributed by atoms with Crippen LogP contribution in [0.15, 0.2) is 47.4 Å². The number of para-hydroxylation sites is 1. The molecule has 2 aliphatic rings. The highest BCUT2D eigenvalue weighted by molar-refractivity contribution is 7.92. The number of nitrogens with one attached hydrogen (secondary N) is 3. The summed E-state index contributed by atoms with van der Waals surface area (Å²) < 4.78 is 40.6. The third-order valence-electron chi connectivity index (χ3n) is 8.65. The van der Waals surface area contributed by atoms with E-state index in [9.17, 15) is 27.6 Å². The quantitative estimate of drug-likeness (QED) is 0.130. The highest BCUT2D eigenvalue weighted by atomic mass is 35.5. The van der Waals surface area contributed by atoms with Gasteiger partial charge in [0.15, 0.2) is 0 Å². The van der Waals surface area contributed by atoms with Gasteiger partial charge in [-0.05, 0) is 107 Å². The van der Waals surface area contributed by atoms with Gasteiger partial charge in [0, 0.05) is 15.3 Å². The molecule has 0 saturated heterocycles. The van der Waals surface area contributed by atoms with E-state index >= 15 is 0 Å². The van der Waals surface area contributed by atoms with Crippen molar-refractivity contribution in [3.05, 3.63) is 90.6 Å². The van der Waals surface area contributed by atoms with Gasteiger partial charge in [-0.15, -0.1) is 22.7 Å². The van der Waals surface area contributed by atoms with E-state index in [4.69, 9.17) is 21.1 Å². The van der Waals surface area contributed by atoms with Gasteiger partial charge in [-0.2, -0.15) is 0 Å². The molecule has 0 unspecified atom stereocenters. The SMILES string of the molecule is CCOC(=O)c1c(NC(=O)c2ccc(Cl)c(S(=O)(=O)Nc3ccccc3C(=O)Nc3sc4c(c3C(=O)OCC)CCCC4)c2)sc2c1CCCC2. The Morgan fingerprint density at radius 1 is 0.745 bits per heavy atom. The van der Waals surface area contributed by atoms with Crippen LogP contribution in [0.3, 0.4) is 0 Å². The van der Waals surface area contributed by atoms with Crippen molar-refractivity contribution in [2.75, 3.05) is 28.6 Å². The van der Waals surface area contributed by atoms with E-state index in [1.165, 1.54) is 46.9 Å². The molecule has 3 N–H and O–H groups in total. The van der Waals surface area contributed by atoms with E-state index in [2.05, 4.69) is 15.4 Å². The highest BCUT2D eigenvalue weighted by Crippen LogP contribution is 2.40. The molecule has 2 aromatic heterocycles. The minimum absolute atomic E-state index is 0.000401. The molecule has 0 atom stereocenters. The second-order valence-electron chi connectivity index (χ2n) is 12.0. The van der Waals surface area contributed by atoms with Gasteiger partial charge in [-0.1, -0.05) is 23.7 Å². The number of fused-ring (bicyclic) bond motifs is 2. The molecule has 0 saturated carbocycles. The number of rotatable bonds is 11. The number of ether oxygens (including phenoxy) is 2. The predicted molar refractivity (Wildman–Crippen MR) is 198 cm³/mol. The highest BCUT2D eigenvalue weighted by Gasteiger charge is 2.30. The lowest BCUT2D eigenvalue weighted by atomic mass is 9.95. The molecule has 4 aromatic rings. The van der Waals surface area contributed by atoms with Crippen molar-refractivity contribution < 1.29 is 37.1 Å². The van der Waals surface area contributed by atoms with Crippen LogP contribution in [0.5, 0.6) is 0 Å². The zero-order valence-corrected chi connectivity index (χ0v) is 31.2. The van der Waals surface area contributed by atoms with Crippen molar-refractivity contribution in [1.29, 1.82) is 0 Å². The van der Waals surface area contributed by atoms with Crippen LogP contribution in [-0.4, -0.2) is 45.4 Å². The van der Waals surface area contributed by atoms with Crippen LogP contribution in [0.1, 0.15) is 102 Å². The van der Waals surface area contributed by atoms with Crippen LogP contribution in [0.25, 0.3) is 0 Å². The van der Waals surface area contributed by atoms with E-state index in [1.54, 1.807) is 26.0 Å². The van der Waals surface area contributed by atoms with Gasteiger partial charge < -0.3 is 20.1 Å². The number of hydrogen-bond donors (Lipinski definition) is 3. The number of sulfonamides is 1. The first-order valence-corrected chi connectivity index (χ1v) is 20.2. The average Bonchev–Trinajstić information content (AvgIpc) is 3.66. The second kappa shape index (κ2) is 15.6. The number of halogens is 1. The molecule has 6 rings (SSSR count). The third kappa shape index (κ3) is 7.69. The first-order chi connectivity index (χ1) is 24.5. The lowest BCUT2D eigenvalue weighted by Gasteiger charge is -2.15. The molecule has 268 valence electrons. The second-order valence-corrected chi connectivity index (χ2v) is 16.2. The van der Waals surface area contributed by atoms with Gasteiger partial charge in [-0.3, -0.25) is 14.3 Å². The minimum atomic E-state index is -4.45. The predicted octanol–water partition coefficient (Wildman–Crippen LogP) is 7.88. The molecule has 0 spiro atoms. The van der Waals surface area contributed by atoms with Gasteiger partial charge in [-0.25, -0.2) is 18.0 Å². The van der Waals surface area contributed by atoms with E-state index in [0.29, 0.717) is 34.0 Å². The molecule has 0 fully saturated rings. The monoisotopic (exact) mass is 769 g/mol. The zero-order chi connectivity index (χ0) is 36.3. The Morgan fingerprint density at radius 2 is 1.27 bits per heavy atom. The van der Waals surface area contributed by atoms with E-state index in [0.717, 1.165) is 65.5 Å². The Kier molecular flexibility index (Phi) is 11.2. The average molecular weight is 770 g/mol. The maximum Gasteiger partial charge on any atom is 0.341 e. The summed E-state index contributed by atoms with van der Waals surface area (Å²) in [6, 6.07) is 9.86. The number of amides is 2. The number of carbonyl (C=O) groups excluding carboxylic acids is 4. The Hall–Kier alpha value is -4.24. The van der Waals surface area contributed by atoms with E-state index in [-0.39, 0.29) is 35.1 Å². The number of benzene rings is 2. The van der Waals surface area contributed by atoms with Crippen molar-refractivity contribution in [2.45, 2.75) is 70.1 Å². The third-order valence-corrected chi connectivity index (χ3v) is 12.9. The maximum atomic E-state index is 13.8. The Bertz CT molecular complexity index is 2140. The molecule has 11 nitrogen and oxygen atoms in total. The summed E-state index contributed by atoms with van der Waals surface area (Å²) in [5, 5.41) is 6.16. The Labute approximate surface area is 308 Å². The van der Waals surface area contributed by atoms with Crippen molar-refractivity contribution >= 4 is 83.7 Å². The fourth-order valence-corrected chi connectivity index (χ4v) is 10.5. The molecule has 2 aromatic carbocycles. The molecule has 0 bridgehead atoms. The summed E-state index contributed by atoms with van der Waals surface area (Å²) in [5.41, 5.74) is 2.37. The number of aryl methyl sites for hydroxylation is 2. The minimum Gasteiger partial charge on any atom is -0.462 e. The number of hydrogen-bond acceptors (Lipinski definition) is 10. The number of anilines is 3. The maximum absolute atomic E-state index is 13.8. The van der Waals surface area contributed by atoms with Crippen molar-refractivity contribution in [1.82, 2.24) is 0 Å². The van der Waals surface area contributed by atoms with Gasteiger partial charge in [0.1, 0.15) is 14.9 Å². The van der Waals surface area contributed by atoms with Gasteiger partial charge in [0.25, 0.3) is 21.8 Å². The van der Waals surface area contributed by atoms with E-state index < -0.39 is 38.7 Å². The first kappa shape index (κ1) is 36.5. The van der Waals surface area contributed by atoms with Crippen LogP contribution in [0.4, 0.5) is 15.7 Å². The zero-order valence-electron chi connectivity index (χ0n) is 28.0. The van der Waals surface area contributed by atoms with Crippen molar-refractivity contribution in [3.8, 4) is 0 Å². The molecular weight excluding hydrogens is 734 g/mol. The van der Waals surface area contributed by atoms with Gasteiger partial charge >= 0.3 is 11.9 Å². The summed E-state index contributed by atoms with van der Waals surface area (Å²) in [7, 11) is -4.45. The van der Waals surface area contributed by atoms with Gasteiger partial charge in [0.05, 0.1) is 40.6 Å². The molecular formula is C36H36ClN3O8S3. The lowest BCUT2D eigenvalue weighted by molar-refractivity contribution is 0.0516. The number of esters is 2. The molecule has 51 heavy (non-hydrogen) atoms. The molecule has 0 aliphatic heterocycles. The molecule has 0 radical (unpaired) electrons. The molecule has 2 aliphatic carbocycles. The molecule has 2 amide bonds. The number of carbonyl (C=O) groups is 4. The van der Waals surface area contributed by atoms with E-state index in [1.807, 2.05) is 0 Å². The summed E-state index contributed by atoms with van der Waals surface area (Å²) in [6.07, 6.45) is 6.78. The van der Waals surface area contributed by atoms with Crippen molar-refractivity contribution in [2.24, 2.45) is 0 Å². The van der Waals surface area contributed by atoms with Crippen molar-refractivity contribution in [3.63, 3.8) is 0 Å². The van der Waals surface area contributed by atoms with Crippen LogP contribution in [0, 0.1) is 0 Å². The van der Waals surface area contributed by atoms with Crippen LogP contribution < -0.4 is 15.4 Å². The fourth-order valence-electron chi connectivity index (χ4n) is 6.31. The van der Waals surface area contributed by atoms with Crippen LogP contribution >= 0.6 is 34.3 Å².